The summed E-state index contributed by atoms with van der Waals surface area (Å²) in [4.78, 5) is 0. The highest BCUT2D eigenvalue weighted by molar-refractivity contribution is 5.41. The van der Waals surface area contributed by atoms with Gasteiger partial charge in [-0.15, -0.1) is 0 Å². The molecule has 3 rings (SSSR count). The van der Waals surface area contributed by atoms with Crippen molar-refractivity contribution in [2.24, 2.45) is 5.41 Å². The summed E-state index contributed by atoms with van der Waals surface area (Å²) in [5, 5.41) is 3.55. The van der Waals surface area contributed by atoms with Gasteiger partial charge in [0.2, 0.25) is 0 Å². The minimum absolute atomic E-state index is 0.419. The second-order valence-electron chi connectivity index (χ2n) is 6.05. The van der Waals surface area contributed by atoms with Crippen LogP contribution in [0.4, 0.5) is 0 Å². The van der Waals surface area contributed by atoms with Crippen LogP contribution in [0.25, 0.3) is 0 Å². The van der Waals surface area contributed by atoms with E-state index in [-0.39, 0.29) is 0 Å². The van der Waals surface area contributed by atoms with Gasteiger partial charge in [-0.25, -0.2) is 0 Å². The zero-order valence-electron chi connectivity index (χ0n) is 11.5. The average Bonchev–Trinajstić information content (AvgIpc) is 2.98. The van der Waals surface area contributed by atoms with E-state index in [9.17, 15) is 0 Å². The molecule has 1 heterocycles. The van der Waals surface area contributed by atoms with E-state index in [4.69, 9.17) is 4.74 Å². The molecule has 1 fully saturated rings. The summed E-state index contributed by atoms with van der Waals surface area (Å²) in [6.45, 7) is 3.28. The molecular weight excluding hydrogens is 222 g/mol. The van der Waals surface area contributed by atoms with Crippen molar-refractivity contribution in [2.75, 3.05) is 13.7 Å². The minimum atomic E-state index is 0.419. The highest BCUT2D eigenvalue weighted by Crippen LogP contribution is 2.47. The van der Waals surface area contributed by atoms with Crippen LogP contribution in [0.1, 0.15) is 49.8 Å². The Bertz CT molecular complexity index is 435. The molecule has 1 N–H and O–H groups in total. The van der Waals surface area contributed by atoms with Gasteiger partial charge in [-0.2, -0.15) is 0 Å². The Morgan fingerprint density at radius 2 is 2.06 bits per heavy atom. The monoisotopic (exact) mass is 245 g/mol. The average molecular weight is 245 g/mol. The van der Waals surface area contributed by atoms with Gasteiger partial charge in [0.05, 0.1) is 6.61 Å². The van der Waals surface area contributed by atoms with Crippen LogP contribution in [0.15, 0.2) is 18.2 Å². The molecule has 0 amide bonds. The van der Waals surface area contributed by atoms with Crippen LogP contribution in [-0.4, -0.2) is 13.7 Å². The lowest BCUT2D eigenvalue weighted by atomic mass is 9.77. The Morgan fingerprint density at radius 3 is 2.78 bits per heavy atom. The van der Waals surface area contributed by atoms with Gasteiger partial charge in [-0.3, -0.25) is 0 Å². The summed E-state index contributed by atoms with van der Waals surface area (Å²) < 4.78 is 5.60. The number of hydrogen-bond acceptors (Lipinski definition) is 2. The quantitative estimate of drug-likeness (QED) is 0.880. The van der Waals surface area contributed by atoms with Gasteiger partial charge in [0, 0.05) is 12.5 Å². The summed E-state index contributed by atoms with van der Waals surface area (Å²) in [6.07, 6.45) is 6.50. The van der Waals surface area contributed by atoms with Gasteiger partial charge < -0.3 is 10.1 Å². The Hall–Kier alpha value is -1.02. The molecule has 0 saturated heterocycles. The van der Waals surface area contributed by atoms with E-state index in [0.717, 1.165) is 18.8 Å². The highest BCUT2D eigenvalue weighted by Gasteiger charge is 2.37. The normalized spacial score (nSPS) is 22.6. The van der Waals surface area contributed by atoms with E-state index in [1.165, 1.54) is 36.8 Å². The highest BCUT2D eigenvalue weighted by atomic mass is 16.5. The molecule has 0 radical (unpaired) electrons. The number of nitrogens with one attached hydrogen (secondary N) is 1. The first kappa shape index (κ1) is 12.0. The summed E-state index contributed by atoms with van der Waals surface area (Å²) in [6, 6.07) is 7.23. The van der Waals surface area contributed by atoms with E-state index in [2.05, 4.69) is 37.5 Å². The SMILES string of the molecule is CNC(c1ccc2c(c1)CCO2)C1(C)CCCC1. The number of fused-ring (bicyclic) bond motifs is 1. The number of hydrogen-bond donors (Lipinski definition) is 1. The second-order valence-corrected chi connectivity index (χ2v) is 6.05. The molecule has 2 nitrogen and oxygen atoms in total. The third-order valence-corrected chi connectivity index (χ3v) is 4.78. The van der Waals surface area contributed by atoms with Crippen LogP contribution in [-0.2, 0) is 6.42 Å². The Morgan fingerprint density at radius 1 is 1.28 bits per heavy atom. The van der Waals surface area contributed by atoms with Crippen LogP contribution in [0.2, 0.25) is 0 Å². The maximum atomic E-state index is 5.60. The first-order chi connectivity index (χ1) is 8.73. The zero-order chi connectivity index (χ0) is 12.6. The van der Waals surface area contributed by atoms with Gasteiger partial charge in [-0.1, -0.05) is 31.9 Å². The van der Waals surface area contributed by atoms with E-state index in [0.29, 0.717) is 11.5 Å². The molecule has 1 unspecified atom stereocenters. The maximum Gasteiger partial charge on any atom is 0.122 e. The molecule has 0 spiro atoms. The topological polar surface area (TPSA) is 21.3 Å². The first-order valence-electron chi connectivity index (χ1n) is 7.16. The molecule has 1 aliphatic heterocycles. The molecular formula is C16H23NO. The molecule has 0 aromatic heterocycles. The Kier molecular flexibility index (Phi) is 3.06. The van der Waals surface area contributed by atoms with Crippen LogP contribution < -0.4 is 10.1 Å². The van der Waals surface area contributed by atoms with Crippen molar-refractivity contribution in [1.82, 2.24) is 5.32 Å². The summed E-state index contributed by atoms with van der Waals surface area (Å²) in [7, 11) is 2.10. The van der Waals surface area contributed by atoms with Gasteiger partial charge in [0.1, 0.15) is 5.75 Å². The predicted molar refractivity (Wildman–Crippen MR) is 74.0 cm³/mol. The van der Waals surface area contributed by atoms with Gasteiger partial charge in [0.25, 0.3) is 0 Å². The van der Waals surface area contributed by atoms with E-state index >= 15 is 0 Å². The molecule has 1 aromatic rings. The lowest BCUT2D eigenvalue weighted by Gasteiger charge is -2.34. The third-order valence-electron chi connectivity index (χ3n) is 4.78. The third kappa shape index (κ3) is 1.93. The van der Waals surface area contributed by atoms with E-state index in [1.807, 2.05) is 0 Å². The van der Waals surface area contributed by atoms with Crippen molar-refractivity contribution in [3.63, 3.8) is 0 Å². The second kappa shape index (κ2) is 4.58. The first-order valence-corrected chi connectivity index (χ1v) is 7.16. The van der Waals surface area contributed by atoms with Crippen LogP contribution in [0.5, 0.6) is 5.75 Å². The minimum Gasteiger partial charge on any atom is -0.493 e. The van der Waals surface area contributed by atoms with Crippen molar-refractivity contribution in [3.05, 3.63) is 29.3 Å². The van der Waals surface area contributed by atoms with Crippen LogP contribution >= 0.6 is 0 Å². The van der Waals surface area contributed by atoms with Gasteiger partial charge in [-0.05, 0) is 42.5 Å². The fourth-order valence-electron chi connectivity index (χ4n) is 3.77. The van der Waals surface area contributed by atoms with Crippen molar-refractivity contribution in [2.45, 2.75) is 45.1 Å². The lowest BCUT2D eigenvalue weighted by Crippen LogP contribution is -2.32. The van der Waals surface area contributed by atoms with Crippen molar-refractivity contribution in [1.29, 1.82) is 0 Å². The van der Waals surface area contributed by atoms with Gasteiger partial charge in [0.15, 0.2) is 0 Å². The largest absolute Gasteiger partial charge is 0.493 e. The fourth-order valence-corrected chi connectivity index (χ4v) is 3.77. The zero-order valence-corrected chi connectivity index (χ0v) is 11.5. The summed E-state index contributed by atoms with van der Waals surface area (Å²) >= 11 is 0. The van der Waals surface area contributed by atoms with Crippen molar-refractivity contribution >= 4 is 0 Å². The fraction of sp³-hybridized carbons (Fsp3) is 0.625. The molecule has 2 heteroatoms. The summed E-state index contributed by atoms with van der Waals surface area (Å²) in [5.41, 5.74) is 3.24. The molecule has 98 valence electrons. The van der Waals surface area contributed by atoms with Gasteiger partial charge >= 0.3 is 0 Å². The Balaban J connectivity index is 1.92. The van der Waals surface area contributed by atoms with E-state index < -0.39 is 0 Å². The lowest BCUT2D eigenvalue weighted by molar-refractivity contribution is 0.233. The van der Waals surface area contributed by atoms with Crippen molar-refractivity contribution < 1.29 is 4.74 Å². The maximum absolute atomic E-state index is 5.60. The molecule has 1 aliphatic carbocycles. The molecule has 2 aliphatic rings. The van der Waals surface area contributed by atoms with E-state index in [1.54, 1.807) is 0 Å². The number of benzene rings is 1. The van der Waals surface area contributed by atoms with Crippen LogP contribution in [0.3, 0.4) is 0 Å². The standard InChI is InChI=1S/C16H23NO/c1-16(8-3-4-9-16)15(17-2)13-5-6-14-12(11-13)7-10-18-14/h5-6,11,15,17H,3-4,7-10H2,1-2H3. The Labute approximate surface area is 110 Å². The molecule has 1 saturated carbocycles. The summed E-state index contributed by atoms with van der Waals surface area (Å²) in [5.74, 6) is 1.09. The molecule has 0 bridgehead atoms. The molecule has 18 heavy (non-hydrogen) atoms. The van der Waals surface area contributed by atoms with Crippen molar-refractivity contribution in [3.8, 4) is 5.75 Å². The molecule has 1 aromatic carbocycles. The van der Waals surface area contributed by atoms with Crippen LogP contribution in [0, 0.1) is 5.41 Å². The smallest absolute Gasteiger partial charge is 0.122 e. The predicted octanol–water partition coefficient (Wildman–Crippen LogP) is 3.46. The number of rotatable bonds is 3. The number of ether oxygens (including phenoxy) is 1. The molecule has 1 atom stereocenters.